The average Bonchev–Trinajstić information content (AvgIpc) is 2.58. The lowest BCUT2D eigenvalue weighted by molar-refractivity contribution is -0.159. The van der Waals surface area contributed by atoms with E-state index in [0.29, 0.717) is 5.56 Å². The highest BCUT2D eigenvalue weighted by Crippen LogP contribution is 2.23. The highest BCUT2D eigenvalue weighted by molar-refractivity contribution is 5.84. The molecular weight excluding hydrogens is 318 g/mol. The second-order valence-electron chi connectivity index (χ2n) is 6.72. The van der Waals surface area contributed by atoms with Crippen LogP contribution in [0.3, 0.4) is 0 Å². The largest absolute Gasteiger partial charge is 0.460 e. The van der Waals surface area contributed by atoms with E-state index in [1.807, 2.05) is 30.3 Å². The Bertz CT molecular complexity index is 693. The molecule has 132 valence electrons. The van der Waals surface area contributed by atoms with Gasteiger partial charge >= 0.3 is 11.9 Å². The van der Waals surface area contributed by atoms with Crippen LogP contribution in [0.4, 0.5) is 0 Å². The van der Waals surface area contributed by atoms with E-state index in [4.69, 9.17) is 9.47 Å². The van der Waals surface area contributed by atoms with Gasteiger partial charge < -0.3 is 9.47 Å². The Labute approximate surface area is 148 Å². The van der Waals surface area contributed by atoms with Crippen molar-refractivity contribution in [2.75, 3.05) is 0 Å². The van der Waals surface area contributed by atoms with Crippen molar-refractivity contribution in [2.24, 2.45) is 0 Å². The molecule has 1 unspecified atom stereocenters. The van der Waals surface area contributed by atoms with Gasteiger partial charge in [0.15, 0.2) is 0 Å². The van der Waals surface area contributed by atoms with Crippen LogP contribution in [0.2, 0.25) is 0 Å². The zero-order valence-corrected chi connectivity index (χ0v) is 14.8. The third-order valence-corrected chi connectivity index (χ3v) is 3.39. The van der Waals surface area contributed by atoms with Crippen molar-refractivity contribution >= 4 is 11.9 Å². The normalized spacial score (nSPS) is 12.3. The number of nitrogens with zero attached hydrogens (tertiary/aromatic N) is 1. The summed E-state index contributed by atoms with van der Waals surface area (Å²) in [4.78, 5) is 28.8. The molecule has 2 aromatic rings. The molecule has 1 aromatic carbocycles. The van der Waals surface area contributed by atoms with Crippen molar-refractivity contribution in [1.29, 1.82) is 0 Å². The summed E-state index contributed by atoms with van der Waals surface area (Å²) < 4.78 is 10.7. The van der Waals surface area contributed by atoms with Crippen LogP contribution in [-0.4, -0.2) is 22.5 Å². The quantitative estimate of drug-likeness (QED) is 0.751. The molecule has 5 heteroatoms. The Kier molecular flexibility index (Phi) is 6.28. The number of hydrogen-bond acceptors (Lipinski definition) is 5. The Morgan fingerprint density at radius 1 is 1.08 bits per heavy atom. The molecule has 1 heterocycles. The summed E-state index contributed by atoms with van der Waals surface area (Å²) in [7, 11) is 0. The van der Waals surface area contributed by atoms with Crippen molar-refractivity contribution in [3.8, 4) is 0 Å². The lowest BCUT2D eigenvalue weighted by Gasteiger charge is -2.22. The molecule has 0 saturated carbocycles. The van der Waals surface area contributed by atoms with Gasteiger partial charge in [-0.05, 0) is 38.0 Å². The Morgan fingerprint density at radius 2 is 1.80 bits per heavy atom. The van der Waals surface area contributed by atoms with Crippen LogP contribution < -0.4 is 0 Å². The maximum Gasteiger partial charge on any atom is 0.314 e. The summed E-state index contributed by atoms with van der Waals surface area (Å²) >= 11 is 0. The van der Waals surface area contributed by atoms with Crippen molar-refractivity contribution < 1.29 is 19.1 Å². The molecule has 0 fully saturated rings. The smallest absolute Gasteiger partial charge is 0.314 e. The molecule has 0 N–H and O–H groups in total. The number of carbonyl (C=O) groups excluding carboxylic acids is 2. The van der Waals surface area contributed by atoms with Crippen LogP contribution in [0.25, 0.3) is 0 Å². The van der Waals surface area contributed by atoms with Gasteiger partial charge in [0.05, 0.1) is 12.3 Å². The molecule has 1 atom stereocenters. The fourth-order valence-corrected chi connectivity index (χ4v) is 2.30. The van der Waals surface area contributed by atoms with Gasteiger partial charge in [-0.15, -0.1) is 0 Å². The van der Waals surface area contributed by atoms with Gasteiger partial charge in [-0.2, -0.15) is 0 Å². The second-order valence-corrected chi connectivity index (χ2v) is 6.72. The molecule has 0 amide bonds. The monoisotopic (exact) mass is 341 g/mol. The lowest BCUT2D eigenvalue weighted by atomic mass is 9.97. The molecule has 25 heavy (non-hydrogen) atoms. The van der Waals surface area contributed by atoms with Gasteiger partial charge in [0, 0.05) is 12.4 Å². The predicted molar refractivity (Wildman–Crippen MR) is 93.7 cm³/mol. The van der Waals surface area contributed by atoms with Crippen LogP contribution in [0.15, 0.2) is 54.9 Å². The highest BCUT2D eigenvalue weighted by Gasteiger charge is 2.28. The van der Waals surface area contributed by atoms with E-state index >= 15 is 0 Å². The number of benzene rings is 1. The van der Waals surface area contributed by atoms with E-state index < -0.39 is 23.5 Å². The fraction of sp³-hybridized carbons (Fsp3) is 0.350. The summed E-state index contributed by atoms with van der Waals surface area (Å²) in [5, 5.41) is 0. The van der Waals surface area contributed by atoms with Crippen LogP contribution in [0.5, 0.6) is 0 Å². The molecule has 0 aliphatic rings. The first-order chi connectivity index (χ1) is 11.8. The van der Waals surface area contributed by atoms with E-state index in [9.17, 15) is 9.59 Å². The van der Waals surface area contributed by atoms with Gasteiger partial charge in [0.1, 0.15) is 12.2 Å². The zero-order chi connectivity index (χ0) is 18.3. The molecule has 0 bridgehead atoms. The number of carbonyl (C=O) groups is 2. The molecule has 5 nitrogen and oxygen atoms in total. The first kappa shape index (κ1) is 18.6. The maximum atomic E-state index is 12.6. The minimum Gasteiger partial charge on any atom is -0.460 e. The molecule has 0 radical (unpaired) electrons. The van der Waals surface area contributed by atoms with Gasteiger partial charge in [-0.1, -0.05) is 36.4 Å². The Morgan fingerprint density at radius 3 is 2.40 bits per heavy atom. The zero-order valence-electron chi connectivity index (χ0n) is 14.8. The first-order valence-corrected chi connectivity index (χ1v) is 8.17. The number of rotatable bonds is 6. The Balaban J connectivity index is 2.08. The number of esters is 2. The number of ether oxygens (including phenoxy) is 2. The van der Waals surface area contributed by atoms with Crippen LogP contribution in [-0.2, 0) is 25.7 Å². The molecule has 0 aliphatic carbocycles. The topological polar surface area (TPSA) is 65.5 Å². The molecular formula is C20H23NO4. The van der Waals surface area contributed by atoms with Crippen LogP contribution in [0.1, 0.15) is 44.2 Å². The summed E-state index contributed by atoms with van der Waals surface area (Å²) in [6, 6.07) is 12.9. The van der Waals surface area contributed by atoms with E-state index in [1.54, 1.807) is 45.3 Å². The summed E-state index contributed by atoms with van der Waals surface area (Å²) in [6.45, 7) is 5.53. The van der Waals surface area contributed by atoms with Gasteiger partial charge in [0.2, 0.25) is 0 Å². The molecule has 0 aliphatic heterocycles. The Hall–Kier alpha value is -2.69. The van der Waals surface area contributed by atoms with Crippen LogP contribution >= 0.6 is 0 Å². The minimum absolute atomic E-state index is 0.0867. The average molecular weight is 341 g/mol. The molecule has 1 aromatic heterocycles. The molecule has 0 spiro atoms. The lowest BCUT2D eigenvalue weighted by Crippen LogP contribution is -2.27. The van der Waals surface area contributed by atoms with E-state index in [2.05, 4.69) is 4.98 Å². The minimum atomic E-state index is -0.743. The first-order valence-electron chi connectivity index (χ1n) is 8.17. The summed E-state index contributed by atoms with van der Waals surface area (Å²) in [5.74, 6) is -1.66. The fourth-order valence-electron chi connectivity index (χ4n) is 2.30. The van der Waals surface area contributed by atoms with E-state index in [1.165, 1.54) is 0 Å². The standard InChI is InChI=1S/C20H23NO4/c1-20(2,3)25-18(22)12-17(16-10-7-11-21-13-16)19(23)24-14-15-8-5-4-6-9-15/h4-11,13,17H,12,14H2,1-3H3. The van der Waals surface area contributed by atoms with Crippen LogP contribution in [0, 0.1) is 0 Å². The summed E-state index contributed by atoms with van der Waals surface area (Å²) in [5.41, 5.74) is 0.911. The van der Waals surface area contributed by atoms with Crippen molar-refractivity contribution in [1.82, 2.24) is 4.98 Å². The third kappa shape index (κ3) is 6.37. The predicted octanol–water partition coefficient (Wildman–Crippen LogP) is 3.64. The number of hydrogen-bond donors (Lipinski definition) is 0. The van der Waals surface area contributed by atoms with Gasteiger partial charge in [-0.25, -0.2) is 0 Å². The maximum absolute atomic E-state index is 12.6. The SMILES string of the molecule is CC(C)(C)OC(=O)CC(C(=O)OCc1ccccc1)c1cccnc1. The third-order valence-electron chi connectivity index (χ3n) is 3.39. The van der Waals surface area contributed by atoms with Gasteiger partial charge in [-0.3, -0.25) is 14.6 Å². The highest BCUT2D eigenvalue weighted by atomic mass is 16.6. The van der Waals surface area contributed by atoms with Gasteiger partial charge in [0.25, 0.3) is 0 Å². The number of aromatic nitrogens is 1. The second kappa shape index (κ2) is 8.42. The summed E-state index contributed by atoms with van der Waals surface area (Å²) in [6.07, 6.45) is 3.10. The number of pyridine rings is 1. The molecule has 2 rings (SSSR count). The molecule has 0 saturated heterocycles. The van der Waals surface area contributed by atoms with Crippen molar-refractivity contribution in [3.63, 3.8) is 0 Å². The van der Waals surface area contributed by atoms with E-state index in [-0.39, 0.29) is 13.0 Å². The van der Waals surface area contributed by atoms with Crippen molar-refractivity contribution in [3.05, 3.63) is 66.0 Å². The van der Waals surface area contributed by atoms with E-state index in [0.717, 1.165) is 5.56 Å². The van der Waals surface area contributed by atoms with Crippen molar-refractivity contribution in [2.45, 2.75) is 45.3 Å².